The molecule has 9 nitrogen and oxygen atoms in total. The van der Waals surface area contributed by atoms with Crippen LogP contribution in [0.5, 0.6) is 11.5 Å². The predicted molar refractivity (Wildman–Crippen MR) is 148 cm³/mol. The van der Waals surface area contributed by atoms with Crippen molar-refractivity contribution in [1.29, 1.82) is 0 Å². The Hall–Kier alpha value is -3.86. The quantitative estimate of drug-likeness (QED) is 0.280. The molecule has 0 atom stereocenters. The fourth-order valence-corrected chi connectivity index (χ4v) is 4.52. The van der Waals surface area contributed by atoms with Gasteiger partial charge in [0.15, 0.2) is 0 Å². The molecule has 0 spiro atoms. The molecule has 0 aliphatic heterocycles. The number of hydrogen-bond donors (Lipinski definition) is 1. The topological polar surface area (TPSA) is 94.9 Å². The van der Waals surface area contributed by atoms with E-state index in [-0.39, 0.29) is 24.9 Å². The van der Waals surface area contributed by atoms with Crippen molar-refractivity contribution in [2.24, 2.45) is 0 Å². The summed E-state index contributed by atoms with van der Waals surface area (Å²) in [7, 11) is 4.67. The van der Waals surface area contributed by atoms with E-state index in [0.29, 0.717) is 39.4 Å². The Bertz CT molecular complexity index is 1370. The first-order chi connectivity index (χ1) is 18.4. The molecule has 0 bridgehead atoms. The van der Waals surface area contributed by atoms with Gasteiger partial charge in [0.2, 0.25) is 11.9 Å². The smallest absolute Gasteiger partial charge is 0.264 e. The van der Waals surface area contributed by atoms with Crippen LogP contribution in [0, 0.1) is 0 Å². The van der Waals surface area contributed by atoms with Crippen LogP contribution in [0.4, 0.5) is 5.95 Å². The van der Waals surface area contributed by atoms with Crippen molar-refractivity contribution < 1.29 is 23.8 Å². The van der Waals surface area contributed by atoms with Gasteiger partial charge in [-0.25, -0.2) is 4.98 Å². The lowest BCUT2D eigenvalue weighted by Gasteiger charge is -2.21. The van der Waals surface area contributed by atoms with E-state index in [0.717, 1.165) is 5.56 Å². The Kier molecular flexibility index (Phi) is 9.01. The summed E-state index contributed by atoms with van der Waals surface area (Å²) in [6, 6.07) is 16.1. The number of amides is 2. The Labute approximate surface area is 229 Å². The van der Waals surface area contributed by atoms with Gasteiger partial charge in [0.25, 0.3) is 5.91 Å². The number of anilines is 1. The van der Waals surface area contributed by atoms with Crippen LogP contribution < -0.4 is 14.8 Å². The summed E-state index contributed by atoms with van der Waals surface area (Å²) in [5, 5.41) is 5.29. The largest absolute Gasteiger partial charge is 0.497 e. The number of nitrogens with one attached hydrogen (secondary N) is 1. The van der Waals surface area contributed by atoms with E-state index >= 15 is 0 Å². The molecular formula is C27H27ClN4O5S. The molecule has 4 aromatic rings. The van der Waals surface area contributed by atoms with E-state index in [1.807, 2.05) is 17.5 Å². The van der Waals surface area contributed by atoms with Gasteiger partial charge >= 0.3 is 0 Å². The fourth-order valence-electron chi connectivity index (χ4n) is 3.70. The average Bonchev–Trinajstić information content (AvgIpc) is 3.61. The summed E-state index contributed by atoms with van der Waals surface area (Å²) in [4.78, 5) is 32.9. The maximum atomic E-state index is 13.2. The van der Waals surface area contributed by atoms with Crippen molar-refractivity contribution >= 4 is 40.7 Å². The Morgan fingerprint density at radius 1 is 1.05 bits per heavy atom. The zero-order valence-electron chi connectivity index (χ0n) is 21.1. The van der Waals surface area contributed by atoms with Crippen molar-refractivity contribution in [3.63, 3.8) is 0 Å². The number of aromatic nitrogens is 2. The molecule has 0 saturated carbocycles. The SMILES string of the molecule is COCCN(CC(=O)Nc1nc(-c2ccc(Cl)cc2)cn1-c1cc(OC)cc(OC)c1)C(=O)c1cccs1. The fraction of sp³-hybridized carbons (Fsp3) is 0.222. The number of imidazole rings is 1. The molecule has 0 aliphatic carbocycles. The van der Waals surface area contributed by atoms with Crippen LogP contribution in [0.15, 0.2) is 66.2 Å². The molecule has 2 aromatic heterocycles. The lowest BCUT2D eigenvalue weighted by atomic mass is 10.2. The van der Waals surface area contributed by atoms with Gasteiger partial charge in [-0.1, -0.05) is 29.8 Å². The number of thiophene rings is 1. The van der Waals surface area contributed by atoms with Crippen molar-refractivity contribution in [2.45, 2.75) is 0 Å². The number of benzene rings is 2. The normalized spacial score (nSPS) is 10.7. The number of ether oxygens (including phenoxy) is 3. The summed E-state index contributed by atoms with van der Waals surface area (Å²) in [6.45, 7) is 0.381. The number of nitrogens with zero attached hydrogens (tertiary/aromatic N) is 3. The number of rotatable bonds is 11. The zero-order valence-corrected chi connectivity index (χ0v) is 22.7. The first kappa shape index (κ1) is 27.2. The number of carbonyl (C=O) groups excluding carboxylic acids is 2. The van der Waals surface area contributed by atoms with E-state index < -0.39 is 5.91 Å². The van der Waals surface area contributed by atoms with E-state index in [9.17, 15) is 9.59 Å². The maximum Gasteiger partial charge on any atom is 0.264 e. The second-order valence-corrected chi connectivity index (χ2v) is 9.53. The molecule has 2 heterocycles. The number of carbonyl (C=O) groups is 2. The lowest BCUT2D eigenvalue weighted by molar-refractivity contribution is -0.117. The third-order valence-corrected chi connectivity index (χ3v) is 6.74. The van der Waals surface area contributed by atoms with Gasteiger partial charge < -0.3 is 19.1 Å². The summed E-state index contributed by atoms with van der Waals surface area (Å²) < 4.78 is 17.7. The van der Waals surface area contributed by atoms with Crippen molar-refractivity contribution in [2.75, 3.05) is 46.3 Å². The summed E-state index contributed by atoms with van der Waals surface area (Å²) in [5.41, 5.74) is 2.09. The lowest BCUT2D eigenvalue weighted by Crippen LogP contribution is -2.40. The van der Waals surface area contributed by atoms with Crippen LogP contribution >= 0.6 is 22.9 Å². The molecule has 0 unspecified atom stereocenters. The van der Waals surface area contributed by atoms with Crippen LogP contribution in [0.1, 0.15) is 9.67 Å². The molecular weight excluding hydrogens is 528 g/mol. The summed E-state index contributed by atoms with van der Waals surface area (Å²) in [5.74, 6) is 0.770. The van der Waals surface area contributed by atoms with Crippen LogP contribution in [0.3, 0.4) is 0 Å². The standard InChI is InChI=1S/C27H27ClN4O5S/c1-35-11-10-31(26(34)24-5-4-12-38-24)17-25(33)30-27-29-23(18-6-8-19(28)9-7-18)16-32(27)20-13-21(36-2)15-22(14-20)37-3/h4-9,12-16H,10-11,17H2,1-3H3,(H,29,30,33). The Morgan fingerprint density at radius 3 is 2.37 bits per heavy atom. The molecule has 2 aromatic carbocycles. The minimum Gasteiger partial charge on any atom is -0.497 e. The molecule has 0 fully saturated rings. The molecule has 38 heavy (non-hydrogen) atoms. The Balaban J connectivity index is 1.67. The molecule has 0 saturated heterocycles. The molecule has 2 amide bonds. The first-order valence-electron chi connectivity index (χ1n) is 11.6. The van der Waals surface area contributed by atoms with Gasteiger partial charge in [0, 0.05) is 48.6 Å². The monoisotopic (exact) mass is 554 g/mol. The molecule has 0 radical (unpaired) electrons. The molecule has 4 rings (SSSR count). The van der Waals surface area contributed by atoms with Gasteiger partial charge in [-0.05, 0) is 23.6 Å². The molecule has 1 N–H and O–H groups in total. The van der Waals surface area contributed by atoms with Gasteiger partial charge in [0.1, 0.15) is 18.0 Å². The van der Waals surface area contributed by atoms with E-state index in [1.54, 1.807) is 74.6 Å². The Morgan fingerprint density at radius 2 is 1.76 bits per heavy atom. The highest BCUT2D eigenvalue weighted by molar-refractivity contribution is 7.12. The van der Waals surface area contributed by atoms with Gasteiger partial charge in [-0.3, -0.25) is 19.5 Å². The molecule has 11 heteroatoms. The first-order valence-corrected chi connectivity index (χ1v) is 12.9. The zero-order chi connectivity index (χ0) is 27.1. The van der Waals surface area contributed by atoms with Crippen molar-refractivity contribution in [1.82, 2.24) is 14.5 Å². The molecule has 0 aliphatic rings. The minimum atomic E-state index is -0.407. The number of methoxy groups -OCH3 is 3. The van der Waals surface area contributed by atoms with Crippen LogP contribution in [0.25, 0.3) is 16.9 Å². The van der Waals surface area contributed by atoms with E-state index in [4.69, 9.17) is 25.8 Å². The third-order valence-electron chi connectivity index (χ3n) is 5.63. The molecule has 198 valence electrons. The highest BCUT2D eigenvalue weighted by Crippen LogP contribution is 2.30. The van der Waals surface area contributed by atoms with E-state index in [1.165, 1.54) is 16.2 Å². The van der Waals surface area contributed by atoms with Gasteiger partial charge in [-0.15, -0.1) is 11.3 Å². The van der Waals surface area contributed by atoms with Crippen LogP contribution in [-0.2, 0) is 9.53 Å². The third kappa shape index (κ3) is 6.52. The summed E-state index contributed by atoms with van der Waals surface area (Å²) in [6.07, 6.45) is 1.80. The second-order valence-electron chi connectivity index (χ2n) is 8.14. The highest BCUT2D eigenvalue weighted by atomic mass is 35.5. The number of halogens is 1. The minimum absolute atomic E-state index is 0.176. The predicted octanol–water partition coefficient (Wildman–Crippen LogP) is 5.00. The van der Waals surface area contributed by atoms with Crippen LogP contribution in [-0.4, -0.2) is 67.3 Å². The van der Waals surface area contributed by atoms with Gasteiger partial charge in [-0.2, -0.15) is 0 Å². The van der Waals surface area contributed by atoms with Crippen molar-refractivity contribution in [3.05, 3.63) is 76.1 Å². The second kappa shape index (κ2) is 12.6. The average molecular weight is 555 g/mol. The maximum absolute atomic E-state index is 13.2. The van der Waals surface area contributed by atoms with E-state index in [2.05, 4.69) is 10.3 Å². The van der Waals surface area contributed by atoms with Crippen molar-refractivity contribution in [3.8, 4) is 28.4 Å². The van der Waals surface area contributed by atoms with Gasteiger partial charge in [0.05, 0.1) is 37.1 Å². The highest BCUT2D eigenvalue weighted by Gasteiger charge is 2.22. The summed E-state index contributed by atoms with van der Waals surface area (Å²) >= 11 is 7.38. The van der Waals surface area contributed by atoms with Crippen LogP contribution in [0.2, 0.25) is 5.02 Å². The number of hydrogen-bond acceptors (Lipinski definition) is 7.